The molecule has 2 aromatic carbocycles. The predicted octanol–water partition coefficient (Wildman–Crippen LogP) is 4.97. The molecule has 6 rings (SSSR count). The van der Waals surface area contributed by atoms with Gasteiger partial charge in [-0.2, -0.15) is 0 Å². The van der Waals surface area contributed by atoms with Crippen molar-refractivity contribution in [3.63, 3.8) is 0 Å². The van der Waals surface area contributed by atoms with Gasteiger partial charge >= 0.3 is 6.03 Å². The van der Waals surface area contributed by atoms with E-state index in [1.807, 2.05) is 23.2 Å². The molecule has 0 bridgehead atoms. The molecule has 39 heavy (non-hydrogen) atoms. The zero-order chi connectivity index (χ0) is 26.9. The molecule has 1 aliphatic heterocycles. The summed E-state index contributed by atoms with van der Waals surface area (Å²) in [7, 11) is 1.76. The van der Waals surface area contributed by atoms with Crippen molar-refractivity contribution in [1.29, 1.82) is 0 Å². The molecule has 1 aliphatic carbocycles. The number of piperidine rings is 1. The number of nitrogens with zero attached hydrogens (tertiary/aromatic N) is 3. The fourth-order valence-electron chi connectivity index (χ4n) is 5.76. The SMILES string of the molecule is Cn1ccc([C@@H]2CCNC[C@H]2NC(=O)N(Cc2cn(Cc3ccccc3)c3cc(Br)ccc23)C2CC2)cc1=O. The molecule has 0 unspecified atom stereocenters. The summed E-state index contributed by atoms with van der Waals surface area (Å²) in [5.74, 6) is 0.107. The standard InChI is InChI=1S/C31H34BrN5O2/c1-35-14-12-22(15-30(35)38)26-11-13-33-17-28(26)34-31(39)37(25-8-9-25)20-23-19-36(18-21-5-3-2-4-6-21)29-16-24(32)7-10-27(23)29/h2-7,10,12,14-16,19,25-26,28,33H,8-9,11,13,17-18,20H2,1H3,(H,34,39)/t26-,28+/m0/s1. The zero-order valence-corrected chi connectivity index (χ0v) is 23.7. The number of carbonyl (C=O) groups is 1. The van der Waals surface area contributed by atoms with E-state index >= 15 is 0 Å². The minimum atomic E-state index is -0.0741. The third kappa shape index (κ3) is 5.68. The number of nitrogens with one attached hydrogen (secondary N) is 2. The van der Waals surface area contributed by atoms with Crippen LogP contribution in [0.1, 0.15) is 41.9 Å². The van der Waals surface area contributed by atoms with Crippen molar-refractivity contribution in [3.05, 3.63) is 105 Å². The van der Waals surface area contributed by atoms with Crippen LogP contribution in [0, 0.1) is 0 Å². The summed E-state index contributed by atoms with van der Waals surface area (Å²) in [6.45, 7) is 2.89. The molecule has 2 fully saturated rings. The van der Waals surface area contributed by atoms with Crippen molar-refractivity contribution < 1.29 is 4.79 Å². The van der Waals surface area contributed by atoms with Crippen LogP contribution in [0.15, 0.2) is 82.3 Å². The predicted molar refractivity (Wildman–Crippen MR) is 158 cm³/mol. The van der Waals surface area contributed by atoms with Gasteiger partial charge in [-0.15, -0.1) is 0 Å². The number of aromatic nitrogens is 2. The Bertz CT molecular complexity index is 1540. The maximum Gasteiger partial charge on any atom is 0.318 e. The van der Waals surface area contributed by atoms with Crippen LogP contribution >= 0.6 is 15.9 Å². The van der Waals surface area contributed by atoms with Gasteiger partial charge in [0.05, 0.1) is 0 Å². The molecule has 2 N–H and O–H groups in total. The van der Waals surface area contributed by atoms with Gasteiger partial charge in [0.1, 0.15) is 0 Å². The second-order valence-electron chi connectivity index (χ2n) is 10.9. The molecule has 0 spiro atoms. The molecule has 2 aromatic heterocycles. The van der Waals surface area contributed by atoms with Crippen molar-refractivity contribution >= 4 is 32.9 Å². The Labute approximate surface area is 236 Å². The van der Waals surface area contributed by atoms with Crippen LogP contribution < -0.4 is 16.2 Å². The van der Waals surface area contributed by atoms with E-state index in [9.17, 15) is 9.59 Å². The molecule has 8 heteroatoms. The average Bonchev–Trinajstić information content (AvgIpc) is 3.73. The Morgan fingerprint density at radius 3 is 2.69 bits per heavy atom. The number of amides is 2. The Balaban J connectivity index is 1.25. The van der Waals surface area contributed by atoms with Crippen LogP contribution in [0.5, 0.6) is 0 Å². The fraction of sp³-hybridized carbons (Fsp3) is 0.355. The van der Waals surface area contributed by atoms with Crippen molar-refractivity contribution in [2.24, 2.45) is 7.05 Å². The highest BCUT2D eigenvalue weighted by Crippen LogP contribution is 2.33. The number of halogens is 1. The zero-order valence-electron chi connectivity index (χ0n) is 22.1. The molecule has 3 heterocycles. The van der Waals surface area contributed by atoms with Crippen LogP contribution in [0.4, 0.5) is 4.79 Å². The Morgan fingerprint density at radius 2 is 1.92 bits per heavy atom. The molecular weight excluding hydrogens is 554 g/mol. The first-order chi connectivity index (χ1) is 19.0. The highest BCUT2D eigenvalue weighted by Gasteiger charge is 2.36. The van der Waals surface area contributed by atoms with E-state index < -0.39 is 0 Å². The van der Waals surface area contributed by atoms with Gasteiger partial charge < -0.3 is 24.7 Å². The molecule has 4 aromatic rings. The van der Waals surface area contributed by atoms with E-state index in [2.05, 4.69) is 79.8 Å². The molecule has 1 saturated heterocycles. The Morgan fingerprint density at radius 1 is 1.10 bits per heavy atom. The summed E-state index contributed by atoms with van der Waals surface area (Å²) >= 11 is 3.64. The molecule has 2 aliphatic rings. The monoisotopic (exact) mass is 587 g/mol. The lowest BCUT2D eigenvalue weighted by atomic mass is 9.86. The van der Waals surface area contributed by atoms with E-state index in [0.717, 1.165) is 53.5 Å². The van der Waals surface area contributed by atoms with Crippen LogP contribution in [0.25, 0.3) is 10.9 Å². The van der Waals surface area contributed by atoms with Gasteiger partial charge in [0.25, 0.3) is 5.56 Å². The third-order valence-corrected chi connectivity index (χ3v) is 8.55. The summed E-state index contributed by atoms with van der Waals surface area (Å²) < 4.78 is 4.90. The smallest absolute Gasteiger partial charge is 0.318 e. The Kier molecular flexibility index (Phi) is 7.32. The molecule has 2 amide bonds. The summed E-state index contributed by atoms with van der Waals surface area (Å²) in [6.07, 6.45) is 6.96. The minimum absolute atomic E-state index is 0.0192. The number of benzene rings is 2. The van der Waals surface area contributed by atoms with Crippen molar-refractivity contribution in [2.75, 3.05) is 13.1 Å². The highest BCUT2D eigenvalue weighted by molar-refractivity contribution is 9.10. The number of rotatable bonds is 7. The largest absolute Gasteiger partial charge is 0.343 e. The van der Waals surface area contributed by atoms with E-state index in [4.69, 9.17) is 0 Å². The second kappa shape index (κ2) is 11.0. The number of fused-ring (bicyclic) bond motifs is 1. The summed E-state index contributed by atoms with van der Waals surface area (Å²) in [5.41, 5.74) is 4.53. The Hall–Kier alpha value is -3.36. The molecular formula is C31H34BrN5O2. The molecule has 2 atom stereocenters. The quantitative estimate of drug-likeness (QED) is 0.321. The van der Waals surface area contributed by atoms with Crippen molar-refractivity contribution in [1.82, 2.24) is 24.7 Å². The number of hydrogen-bond acceptors (Lipinski definition) is 3. The lowest BCUT2D eigenvalue weighted by molar-refractivity contribution is 0.183. The van der Waals surface area contributed by atoms with Gasteiger partial charge in [-0.25, -0.2) is 4.79 Å². The molecule has 7 nitrogen and oxygen atoms in total. The third-order valence-electron chi connectivity index (χ3n) is 8.06. The number of urea groups is 1. The highest BCUT2D eigenvalue weighted by atomic mass is 79.9. The maximum absolute atomic E-state index is 13.8. The summed E-state index contributed by atoms with van der Waals surface area (Å²) in [4.78, 5) is 28.1. The van der Waals surface area contributed by atoms with Crippen LogP contribution in [-0.4, -0.2) is 45.2 Å². The number of pyridine rings is 1. The van der Waals surface area contributed by atoms with Gasteiger partial charge in [0, 0.05) is 78.5 Å². The number of aryl methyl sites for hydroxylation is 1. The topological polar surface area (TPSA) is 71.3 Å². The first-order valence-electron chi connectivity index (χ1n) is 13.7. The lowest BCUT2D eigenvalue weighted by Crippen LogP contribution is -2.53. The van der Waals surface area contributed by atoms with Gasteiger partial charge in [-0.1, -0.05) is 52.3 Å². The number of carbonyl (C=O) groups excluding carboxylic acids is 1. The maximum atomic E-state index is 13.8. The van der Waals surface area contributed by atoms with Gasteiger partial charge in [0.2, 0.25) is 0 Å². The van der Waals surface area contributed by atoms with E-state index in [1.54, 1.807) is 17.7 Å². The van der Waals surface area contributed by atoms with Crippen molar-refractivity contribution in [3.8, 4) is 0 Å². The average molecular weight is 589 g/mol. The van der Waals surface area contributed by atoms with Crippen LogP contribution in [0.2, 0.25) is 0 Å². The van der Waals surface area contributed by atoms with E-state index in [0.29, 0.717) is 13.1 Å². The van der Waals surface area contributed by atoms with E-state index in [1.165, 1.54) is 10.9 Å². The molecule has 0 radical (unpaired) electrons. The first kappa shape index (κ1) is 25.9. The summed E-state index contributed by atoms with van der Waals surface area (Å²) in [5, 5.41) is 7.95. The summed E-state index contributed by atoms with van der Waals surface area (Å²) in [6, 6.07) is 20.7. The fourth-order valence-corrected chi connectivity index (χ4v) is 6.11. The normalized spacial score (nSPS) is 19.2. The molecule has 1 saturated carbocycles. The van der Waals surface area contributed by atoms with E-state index in [-0.39, 0.29) is 29.6 Å². The first-order valence-corrected chi connectivity index (χ1v) is 14.5. The van der Waals surface area contributed by atoms with Gasteiger partial charge in [-0.05, 0) is 60.7 Å². The minimum Gasteiger partial charge on any atom is -0.343 e. The second-order valence-corrected chi connectivity index (χ2v) is 11.8. The lowest BCUT2D eigenvalue weighted by Gasteiger charge is -2.35. The van der Waals surface area contributed by atoms with Crippen molar-refractivity contribution in [2.45, 2.75) is 50.4 Å². The molecule has 202 valence electrons. The number of hydrogen-bond donors (Lipinski definition) is 2. The van der Waals surface area contributed by atoms with Gasteiger partial charge in [-0.3, -0.25) is 4.79 Å². The van der Waals surface area contributed by atoms with Gasteiger partial charge in [0.15, 0.2) is 0 Å². The van der Waals surface area contributed by atoms with Crippen LogP contribution in [0.3, 0.4) is 0 Å². The van der Waals surface area contributed by atoms with Crippen LogP contribution in [-0.2, 0) is 20.1 Å².